The highest BCUT2D eigenvalue weighted by Gasteiger charge is 2.07. The molecule has 2 aromatic rings. The third kappa shape index (κ3) is 4.67. The molecule has 0 amide bonds. The van der Waals surface area contributed by atoms with Gasteiger partial charge in [0.25, 0.3) is 0 Å². The van der Waals surface area contributed by atoms with Gasteiger partial charge in [0.15, 0.2) is 0 Å². The Morgan fingerprint density at radius 2 is 1.50 bits per heavy atom. The average molecular weight is 265 g/mol. The van der Waals surface area contributed by atoms with Gasteiger partial charge in [-0.1, -0.05) is 72.8 Å². The highest BCUT2D eigenvalue weighted by molar-refractivity contribution is 5.48. The van der Waals surface area contributed by atoms with Gasteiger partial charge in [-0.15, -0.1) is 0 Å². The summed E-state index contributed by atoms with van der Waals surface area (Å²) in [7, 11) is 0. The van der Waals surface area contributed by atoms with Gasteiger partial charge < -0.3 is 0 Å². The quantitative estimate of drug-likeness (QED) is 0.737. The van der Waals surface area contributed by atoms with Crippen molar-refractivity contribution in [1.82, 2.24) is 4.90 Å². The van der Waals surface area contributed by atoms with E-state index in [1.54, 1.807) is 0 Å². The summed E-state index contributed by atoms with van der Waals surface area (Å²) >= 11 is 0. The molecule has 104 valence electrons. The normalized spacial score (nSPS) is 11.6. The highest BCUT2D eigenvalue weighted by atomic mass is 15.1. The van der Waals surface area contributed by atoms with Gasteiger partial charge in [-0.25, -0.2) is 0 Å². The Balaban J connectivity index is 1.95. The summed E-state index contributed by atoms with van der Waals surface area (Å²) in [6.45, 7) is 6.47. The lowest BCUT2D eigenvalue weighted by Crippen LogP contribution is -2.30. The SMILES string of the molecule is CC(C)N(CC=Cc1ccccc1)Cc1ccccc1. The van der Waals surface area contributed by atoms with Crippen molar-refractivity contribution in [3.8, 4) is 0 Å². The maximum atomic E-state index is 2.47. The maximum absolute atomic E-state index is 2.47. The zero-order chi connectivity index (χ0) is 14.2. The molecule has 0 aliphatic rings. The molecule has 0 saturated heterocycles. The van der Waals surface area contributed by atoms with E-state index < -0.39 is 0 Å². The number of hydrogen-bond donors (Lipinski definition) is 0. The van der Waals surface area contributed by atoms with E-state index in [2.05, 4.69) is 85.5 Å². The van der Waals surface area contributed by atoms with Crippen LogP contribution < -0.4 is 0 Å². The van der Waals surface area contributed by atoms with Crippen molar-refractivity contribution in [2.24, 2.45) is 0 Å². The Labute approximate surface area is 122 Å². The second-order valence-corrected chi connectivity index (χ2v) is 5.32. The molecule has 0 atom stereocenters. The zero-order valence-corrected chi connectivity index (χ0v) is 12.4. The molecular weight excluding hydrogens is 242 g/mol. The fourth-order valence-corrected chi connectivity index (χ4v) is 2.16. The molecule has 0 aliphatic heterocycles. The van der Waals surface area contributed by atoms with Crippen LogP contribution in [0.1, 0.15) is 25.0 Å². The van der Waals surface area contributed by atoms with Crippen LogP contribution in [-0.2, 0) is 6.54 Å². The molecule has 20 heavy (non-hydrogen) atoms. The van der Waals surface area contributed by atoms with E-state index in [9.17, 15) is 0 Å². The summed E-state index contributed by atoms with van der Waals surface area (Å²) in [6, 6.07) is 21.7. The van der Waals surface area contributed by atoms with Crippen LogP contribution in [0.15, 0.2) is 66.7 Å². The first kappa shape index (κ1) is 14.5. The number of rotatable bonds is 6. The molecule has 2 rings (SSSR count). The standard InChI is InChI=1S/C19H23N/c1-17(2)20(16-19-12-7-4-8-13-19)15-9-14-18-10-5-3-6-11-18/h3-14,17H,15-16H2,1-2H3. The second-order valence-electron chi connectivity index (χ2n) is 5.32. The van der Waals surface area contributed by atoms with Crippen LogP contribution in [0.3, 0.4) is 0 Å². The fraction of sp³-hybridized carbons (Fsp3) is 0.263. The minimum Gasteiger partial charge on any atom is -0.293 e. The van der Waals surface area contributed by atoms with Crippen LogP contribution in [0, 0.1) is 0 Å². The summed E-state index contributed by atoms with van der Waals surface area (Å²) in [6.07, 6.45) is 4.44. The molecule has 0 fully saturated rings. The Morgan fingerprint density at radius 1 is 0.900 bits per heavy atom. The van der Waals surface area contributed by atoms with Crippen LogP contribution in [0.4, 0.5) is 0 Å². The average Bonchev–Trinajstić information content (AvgIpc) is 2.48. The van der Waals surface area contributed by atoms with Crippen LogP contribution in [0.25, 0.3) is 6.08 Å². The summed E-state index contributed by atoms with van der Waals surface area (Å²) in [5, 5.41) is 0. The Bertz CT molecular complexity index is 514. The third-order valence-corrected chi connectivity index (χ3v) is 3.41. The van der Waals surface area contributed by atoms with Gasteiger partial charge in [-0.05, 0) is 25.0 Å². The summed E-state index contributed by atoms with van der Waals surface area (Å²) in [5.41, 5.74) is 2.63. The van der Waals surface area contributed by atoms with E-state index in [-0.39, 0.29) is 0 Å². The lowest BCUT2D eigenvalue weighted by molar-refractivity contribution is 0.237. The van der Waals surface area contributed by atoms with E-state index in [4.69, 9.17) is 0 Å². The van der Waals surface area contributed by atoms with Crippen LogP contribution in [0.5, 0.6) is 0 Å². The van der Waals surface area contributed by atoms with Crippen molar-refractivity contribution in [3.05, 3.63) is 77.9 Å². The monoisotopic (exact) mass is 265 g/mol. The van der Waals surface area contributed by atoms with Gasteiger partial charge in [-0.3, -0.25) is 4.90 Å². The summed E-state index contributed by atoms with van der Waals surface area (Å²) < 4.78 is 0. The molecule has 0 N–H and O–H groups in total. The van der Waals surface area contributed by atoms with E-state index in [1.165, 1.54) is 11.1 Å². The van der Waals surface area contributed by atoms with Crippen molar-refractivity contribution >= 4 is 6.08 Å². The van der Waals surface area contributed by atoms with E-state index in [1.807, 2.05) is 6.07 Å². The minimum absolute atomic E-state index is 0.538. The second kappa shape index (κ2) is 7.66. The van der Waals surface area contributed by atoms with Gasteiger partial charge in [0.1, 0.15) is 0 Å². The van der Waals surface area contributed by atoms with Crippen molar-refractivity contribution in [3.63, 3.8) is 0 Å². The number of benzene rings is 2. The lowest BCUT2D eigenvalue weighted by Gasteiger charge is -2.25. The molecule has 0 saturated carbocycles. The molecule has 0 spiro atoms. The third-order valence-electron chi connectivity index (χ3n) is 3.41. The molecule has 1 heteroatoms. The Morgan fingerprint density at radius 3 is 2.10 bits per heavy atom. The minimum atomic E-state index is 0.538. The van der Waals surface area contributed by atoms with Gasteiger partial charge in [0.2, 0.25) is 0 Å². The molecular formula is C19H23N. The van der Waals surface area contributed by atoms with Crippen LogP contribution in [0.2, 0.25) is 0 Å². The number of hydrogen-bond acceptors (Lipinski definition) is 1. The van der Waals surface area contributed by atoms with Crippen molar-refractivity contribution in [2.45, 2.75) is 26.4 Å². The van der Waals surface area contributed by atoms with Gasteiger partial charge >= 0.3 is 0 Å². The van der Waals surface area contributed by atoms with Gasteiger partial charge in [-0.2, -0.15) is 0 Å². The van der Waals surface area contributed by atoms with E-state index >= 15 is 0 Å². The first-order chi connectivity index (χ1) is 9.75. The first-order valence-corrected chi connectivity index (χ1v) is 7.25. The van der Waals surface area contributed by atoms with Crippen LogP contribution >= 0.6 is 0 Å². The van der Waals surface area contributed by atoms with Crippen molar-refractivity contribution in [1.29, 1.82) is 0 Å². The summed E-state index contributed by atoms with van der Waals surface area (Å²) in [5.74, 6) is 0. The van der Waals surface area contributed by atoms with Gasteiger partial charge in [0.05, 0.1) is 0 Å². The molecule has 0 unspecified atom stereocenters. The molecule has 0 aliphatic carbocycles. The smallest absolute Gasteiger partial charge is 0.0239 e. The molecule has 0 bridgehead atoms. The predicted molar refractivity (Wildman–Crippen MR) is 87.5 cm³/mol. The van der Waals surface area contributed by atoms with E-state index in [0.29, 0.717) is 6.04 Å². The van der Waals surface area contributed by atoms with E-state index in [0.717, 1.165) is 13.1 Å². The highest BCUT2D eigenvalue weighted by Crippen LogP contribution is 2.09. The Hall–Kier alpha value is -1.86. The molecule has 2 aromatic carbocycles. The van der Waals surface area contributed by atoms with Crippen molar-refractivity contribution < 1.29 is 0 Å². The lowest BCUT2D eigenvalue weighted by atomic mass is 10.1. The molecule has 0 aromatic heterocycles. The maximum Gasteiger partial charge on any atom is 0.0239 e. The largest absolute Gasteiger partial charge is 0.293 e. The van der Waals surface area contributed by atoms with Crippen LogP contribution in [-0.4, -0.2) is 17.5 Å². The topological polar surface area (TPSA) is 3.24 Å². The van der Waals surface area contributed by atoms with Gasteiger partial charge in [0, 0.05) is 19.1 Å². The molecule has 1 nitrogen and oxygen atoms in total. The van der Waals surface area contributed by atoms with Crippen molar-refractivity contribution in [2.75, 3.05) is 6.54 Å². The first-order valence-electron chi connectivity index (χ1n) is 7.25. The molecule has 0 radical (unpaired) electrons. The predicted octanol–water partition coefficient (Wildman–Crippen LogP) is 4.61. The molecule has 0 heterocycles. The fourth-order valence-electron chi connectivity index (χ4n) is 2.16. The number of nitrogens with zero attached hydrogens (tertiary/aromatic N) is 1. The summed E-state index contributed by atoms with van der Waals surface area (Å²) in [4.78, 5) is 2.47. The Kier molecular flexibility index (Phi) is 5.57. The zero-order valence-electron chi connectivity index (χ0n) is 12.4.